The van der Waals surface area contributed by atoms with Crippen LogP contribution in [0.5, 0.6) is 5.75 Å². The van der Waals surface area contributed by atoms with Gasteiger partial charge in [-0.25, -0.2) is 17.6 Å². The minimum absolute atomic E-state index is 0.0931. The van der Waals surface area contributed by atoms with Gasteiger partial charge in [-0.2, -0.15) is 8.78 Å². The number of hydrogen-bond donors (Lipinski definition) is 0. The first-order chi connectivity index (χ1) is 17.6. The third-order valence-corrected chi connectivity index (χ3v) is 6.84. The lowest BCUT2D eigenvalue weighted by Crippen LogP contribution is -2.22. The van der Waals surface area contributed by atoms with Crippen molar-refractivity contribution in [3.05, 3.63) is 90.0 Å². The largest absolute Gasteiger partial charge is 0.429 e. The van der Waals surface area contributed by atoms with Gasteiger partial charge in [0.25, 0.3) is 0 Å². The van der Waals surface area contributed by atoms with Crippen LogP contribution in [0.4, 0.5) is 26.3 Å². The summed E-state index contributed by atoms with van der Waals surface area (Å²) in [4.78, 5) is 0. The summed E-state index contributed by atoms with van der Waals surface area (Å²) < 4.78 is 89.8. The minimum atomic E-state index is -3.49. The second kappa shape index (κ2) is 11.4. The lowest BCUT2D eigenvalue weighted by Gasteiger charge is -2.26. The monoisotopic (exact) mass is 518 g/mol. The van der Waals surface area contributed by atoms with Gasteiger partial charge >= 0.3 is 6.11 Å². The van der Waals surface area contributed by atoms with Crippen LogP contribution in [0.2, 0.25) is 0 Å². The van der Waals surface area contributed by atoms with Gasteiger partial charge in [-0.05, 0) is 90.6 Å². The molecule has 0 aliphatic heterocycles. The van der Waals surface area contributed by atoms with Crippen molar-refractivity contribution >= 4 is 0 Å². The van der Waals surface area contributed by atoms with Crippen LogP contribution in [0.25, 0.3) is 22.3 Å². The number of benzene rings is 3. The molecule has 0 N–H and O–H groups in total. The average Bonchev–Trinajstić information content (AvgIpc) is 2.86. The van der Waals surface area contributed by atoms with E-state index in [9.17, 15) is 26.3 Å². The van der Waals surface area contributed by atoms with Crippen LogP contribution in [0.15, 0.2) is 66.7 Å². The van der Waals surface area contributed by atoms with Gasteiger partial charge in [0.1, 0.15) is 17.4 Å². The zero-order valence-electron chi connectivity index (χ0n) is 20.4. The van der Waals surface area contributed by atoms with E-state index in [0.29, 0.717) is 17.5 Å². The first kappa shape index (κ1) is 26.8. The highest BCUT2D eigenvalue weighted by molar-refractivity contribution is 5.72. The molecule has 196 valence electrons. The summed E-state index contributed by atoms with van der Waals surface area (Å²) in [6.07, 6.45) is 5.07. The molecule has 1 fully saturated rings. The predicted octanol–water partition coefficient (Wildman–Crippen LogP) is 9.71. The molecule has 0 bridgehead atoms. The molecule has 1 aliphatic rings. The van der Waals surface area contributed by atoms with Crippen LogP contribution >= 0.6 is 0 Å². The molecule has 0 heterocycles. The summed E-state index contributed by atoms with van der Waals surface area (Å²) in [5, 5.41) is 0. The number of halogens is 6. The Morgan fingerprint density at radius 3 is 1.95 bits per heavy atom. The van der Waals surface area contributed by atoms with Gasteiger partial charge in [0.05, 0.1) is 5.56 Å². The predicted molar refractivity (Wildman–Crippen MR) is 132 cm³/mol. The summed E-state index contributed by atoms with van der Waals surface area (Å²) in [5.41, 5.74) is -0.121. The molecule has 3 aromatic rings. The molecular weight excluding hydrogens is 490 g/mol. The molecular formula is C30H28F6O. The van der Waals surface area contributed by atoms with Crippen molar-refractivity contribution in [2.75, 3.05) is 0 Å². The zero-order chi connectivity index (χ0) is 26.6. The van der Waals surface area contributed by atoms with E-state index in [0.717, 1.165) is 62.4 Å². The van der Waals surface area contributed by atoms with Crippen molar-refractivity contribution < 1.29 is 31.1 Å². The molecule has 4 rings (SSSR count). The molecule has 0 amide bonds. The van der Waals surface area contributed by atoms with Crippen LogP contribution in [0.1, 0.15) is 45.4 Å². The Morgan fingerprint density at radius 2 is 1.35 bits per heavy atom. The van der Waals surface area contributed by atoms with E-state index in [4.69, 9.17) is 4.74 Å². The van der Waals surface area contributed by atoms with Crippen LogP contribution < -0.4 is 4.74 Å². The SMILES string of the molecule is CCCC1CCC(/C=C/C(F)(F)Oc2ccc(-c3cc(F)c(-c4ccc(F)c(F)c4)c(F)c3)cc2)CC1. The molecule has 0 spiro atoms. The Kier molecular flexibility index (Phi) is 8.30. The minimum Gasteiger partial charge on any atom is -0.429 e. The van der Waals surface area contributed by atoms with Gasteiger partial charge in [0, 0.05) is 6.08 Å². The third-order valence-electron chi connectivity index (χ3n) is 6.84. The van der Waals surface area contributed by atoms with Crippen LogP contribution in [-0.4, -0.2) is 6.11 Å². The van der Waals surface area contributed by atoms with Crippen LogP contribution in [0, 0.1) is 35.1 Å². The highest BCUT2D eigenvalue weighted by atomic mass is 19.3. The second-order valence-electron chi connectivity index (χ2n) is 9.56. The number of allylic oxidation sites excluding steroid dienone is 1. The van der Waals surface area contributed by atoms with E-state index in [1.807, 2.05) is 0 Å². The van der Waals surface area contributed by atoms with Crippen molar-refractivity contribution in [1.82, 2.24) is 0 Å². The molecule has 0 radical (unpaired) electrons. The molecule has 0 unspecified atom stereocenters. The fraction of sp³-hybridized carbons (Fsp3) is 0.333. The van der Waals surface area contributed by atoms with E-state index in [1.54, 1.807) is 0 Å². The maximum absolute atomic E-state index is 14.7. The van der Waals surface area contributed by atoms with Crippen molar-refractivity contribution in [1.29, 1.82) is 0 Å². The molecule has 7 heteroatoms. The fourth-order valence-electron chi connectivity index (χ4n) is 4.90. The Morgan fingerprint density at radius 1 is 0.757 bits per heavy atom. The maximum atomic E-state index is 14.7. The normalized spacial score (nSPS) is 18.4. The van der Waals surface area contributed by atoms with Gasteiger partial charge in [-0.15, -0.1) is 0 Å². The summed E-state index contributed by atoms with van der Waals surface area (Å²) >= 11 is 0. The van der Waals surface area contributed by atoms with Crippen molar-refractivity contribution in [2.24, 2.45) is 11.8 Å². The number of alkyl halides is 2. The van der Waals surface area contributed by atoms with Crippen molar-refractivity contribution in [3.8, 4) is 28.0 Å². The molecule has 1 aliphatic carbocycles. The zero-order valence-corrected chi connectivity index (χ0v) is 20.4. The first-order valence-electron chi connectivity index (χ1n) is 12.5. The van der Waals surface area contributed by atoms with E-state index in [-0.39, 0.29) is 22.8 Å². The topological polar surface area (TPSA) is 9.23 Å². The highest BCUT2D eigenvalue weighted by Gasteiger charge is 2.29. The summed E-state index contributed by atoms with van der Waals surface area (Å²) in [5.74, 6) is -3.58. The Labute approximate surface area is 212 Å². The first-order valence-corrected chi connectivity index (χ1v) is 12.5. The quantitative estimate of drug-likeness (QED) is 0.213. The molecule has 37 heavy (non-hydrogen) atoms. The number of ether oxygens (including phenoxy) is 1. The van der Waals surface area contributed by atoms with Crippen LogP contribution in [-0.2, 0) is 0 Å². The summed E-state index contributed by atoms with van der Waals surface area (Å²) in [6, 6.07) is 10.1. The molecule has 0 atom stereocenters. The highest BCUT2D eigenvalue weighted by Crippen LogP contribution is 2.35. The number of rotatable bonds is 8. The molecule has 3 aromatic carbocycles. The Balaban J connectivity index is 1.43. The number of hydrogen-bond acceptors (Lipinski definition) is 1. The van der Waals surface area contributed by atoms with E-state index >= 15 is 0 Å². The summed E-state index contributed by atoms with van der Waals surface area (Å²) in [7, 11) is 0. The van der Waals surface area contributed by atoms with E-state index in [1.165, 1.54) is 36.8 Å². The van der Waals surface area contributed by atoms with Crippen LogP contribution in [0.3, 0.4) is 0 Å². The average molecular weight is 519 g/mol. The summed E-state index contributed by atoms with van der Waals surface area (Å²) in [6.45, 7) is 2.15. The van der Waals surface area contributed by atoms with Gasteiger partial charge in [-0.3, -0.25) is 0 Å². The lowest BCUT2D eigenvalue weighted by atomic mass is 9.80. The van der Waals surface area contributed by atoms with E-state index < -0.39 is 34.9 Å². The maximum Gasteiger partial charge on any atom is 0.419 e. The van der Waals surface area contributed by atoms with Crippen molar-refractivity contribution in [3.63, 3.8) is 0 Å². The molecule has 1 saturated carbocycles. The standard InChI is InChI=1S/C30H28F6O/c1-2-3-19-4-6-20(7-5-19)14-15-30(35,36)37-24-11-8-21(9-12-24)23-17-27(33)29(28(34)18-23)22-10-13-25(31)26(32)16-22/h8-20H,2-7H2,1H3/b15-14+. The Bertz CT molecular complexity index is 1220. The molecule has 1 nitrogen and oxygen atoms in total. The van der Waals surface area contributed by atoms with Crippen molar-refractivity contribution in [2.45, 2.75) is 51.6 Å². The van der Waals surface area contributed by atoms with Gasteiger partial charge in [0.2, 0.25) is 0 Å². The Hall–Kier alpha value is -3.22. The smallest absolute Gasteiger partial charge is 0.419 e. The third kappa shape index (κ3) is 6.76. The lowest BCUT2D eigenvalue weighted by molar-refractivity contribution is -0.132. The second-order valence-corrected chi connectivity index (χ2v) is 9.56. The van der Waals surface area contributed by atoms with Gasteiger partial charge in [-0.1, -0.05) is 44.0 Å². The van der Waals surface area contributed by atoms with Gasteiger partial charge in [0.15, 0.2) is 11.6 Å². The molecule has 0 aromatic heterocycles. The fourth-order valence-corrected chi connectivity index (χ4v) is 4.90. The van der Waals surface area contributed by atoms with E-state index in [2.05, 4.69) is 6.92 Å². The molecule has 0 saturated heterocycles. The van der Waals surface area contributed by atoms with Gasteiger partial charge < -0.3 is 4.74 Å².